The molecule has 3 aromatic rings. The standard InChI is InChI=1S/C27H29NO6/c1-16(2)24-13-20(14-25-17(3)8-23(9-18(25)4)34-15-26(29)30)11-21(27(24)31)10-19-6-5-7-22(12-19)28(32)33/h5-9,11-13,16,31H,10,14-15H2,1-4H3,(H,29,30). The zero-order valence-corrected chi connectivity index (χ0v) is 19.8. The minimum Gasteiger partial charge on any atom is -0.507 e. The molecule has 0 aromatic heterocycles. The van der Waals surface area contributed by atoms with Crippen molar-refractivity contribution in [1.82, 2.24) is 0 Å². The topological polar surface area (TPSA) is 110 Å². The second-order valence-electron chi connectivity index (χ2n) is 8.85. The monoisotopic (exact) mass is 463 g/mol. The van der Waals surface area contributed by atoms with E-state index in [1.807, 2.05) is 58.0 Å². The predicted molar refractivity (Wildman–Crippen MR) is 130 cm³/mol. The van der Waals surface area contributed by atoms with Crippen LogP contribution in [-0.2, 0) is 17.6 Å². The number of ether oxygens (including phenoxy) is 1. The number of non-ortho nitro benzene ring substituents is 1. The number of benzene rings is 3. The van der Waals surface area contributed by atoms with Gasteiger partial charge in [0, 0.05) is 18.6 Å². The number of hydrogen-bond acceptors (Lipinski definition) is 5. The Morgan fingerprint density at radius 1 is 1.03 bits per heavy atom. The summed E-state index contributed by atoms with van der Waals surface area (Å²) in [6.45, 7) is 7.56. The molecule has 0 saturated carbocycles. The van der Waals surface area contributed by atoms with Crippen LogP contribution >= 0.6 is 0 Å². The van der Waals surface area contributed by atoms with E-state index in [0.29, 0.717) is 18.6 Å². The highest BCUT2D eigenvalue weighted by Gasteiger charge is 2.16. The smallest absolute Gasteiger partial charge is 0.341 e. The van der Waals surface area contributed by atoms with Gasteiger partial charge in [-0.05, 0) is 77.3 Å². The second kappa shape index (κ2) is 10.4. The summed E-state index contributed by atoms with van der Waals surface area (Å²) < 4.78 is 5.33. The molecule has 3 aromatic carbocycles. The molecule has 0 radical (unpaired) electrons. The first-order valence-corrected chi connectivity index (χ1v) is 11.1. The maximum absolute atomic E-state index is 11.2. The predicted octanol–water partition coefficient (Wildman–Crippen LogP) is 5.69. The molecule has 0 spiro atoms. The van der Waals surface area contributed by atoms with E-state index in [9.17, 15) is 20.0 Å². The van der Waals surface area contributed by atoms with E-state index >= 15 is 0 Å². The number of carbonyl (C=O) groups is 1. The molecule has 7 nitrogen and oxygen atoms in total. The molecule has 0 saturated heterocycles. The highest BCUT2D eigenvalue weighted by atomic mass is 16.6. The van der Waals surface area contributed by atoms with Crippen LogP contribution in [0.25, 0.3) is 0 Å². The van der Waals surface area contributed by atoms with E-state index in [-0.39, 0.29) is 17.4 Å². The number of nitro groups is 1. The van der Waals surface area contributed by atoms with Gasteiger partial charge in [0.05, 0.1) is 4.92 Å². The summed E-state index contributed by atoms with van der Waals surface area (Å²) in [6, 6.07) is 14.1. The number of carboxylic acids is 1. The third kappa shape index (κ3) is 5.92. The van der Waals surface area contributed by atoms with Gasteiger partial charge in [0.1, 0.15) is 11.5 Å². The average Bonchev–Trinajstić information content (AvgIpc) is 2.76. The summed E-state index contributed by atoms with van der Waals surface area (Å²) in [5, 5.41) is 30.9. The number of carboxylic acid groups (broad SMARTS) is 1. The summed E-state index contributed by atoms with van der Waals surface area (Å²) in [4.78, 5) is 21.5. The number of phenols is 1. The maximum atomic E-state index is 11.2. The molecular weight excluding hydrogens is 434 g/mol. The van der Waals surface area contributed by atoms with Crippen LogP contribution in [0.15, 0.2) is 48.5 Å². The van der Waals surface area contributed by atoms with Gasteiger partial charge in [0.15, 0.2) is 6.61 Å². The van der Waals surface area contributed by atoms with Gasteiger partial charge in [-0.25, -0.2) is 4.79 Å². The van der Waals surface area contributed by atoms with Crippen LogP contribution in [0.4, 0.5) is 5.69 Å². The van der Waals surface area contributed by atoms with Crippen molar-refractivity contribution in [3.8, 4) is 11.5 Å². The maximum Gasteiger partial charge on any atom is 0.341 e. The van der Waals surface area contributed by atoms with Crippen molar-refractivity contribution in [2.45, 2.75) is 46.5 Å². The molecule has 0 aliphatic carbocycles. The third-order valence-electron chi connectivity index (χ3n) is 5.83. The first kappa shape index (κ1) is 24.8. The van der Waals surface area contributed by atoms with Crippen LogP contribution in [0, 0.1) is 24.0 Å². The lowest BCUT2D eigenvalue weighted by atomic mass is 9.89. The number of aromatic hydroxyl groups is 1. The van der Waals surface area contributed by atoms with Gasteiger partial charge >= 0.3 is 5.97 Å². The van der Waals surface area contributed by atoms with Crippen molar-refractivity contribution in [2.24, 2.45) is 0 Å². The van der Waals surface area contributed by atoms with Crippen LogP contribution in [-0.4, -0.2) is 27.7 Å². The number of nitrogens with zero attached hydrogens (tertiary/aromatic N) is 1. The Hall–Kier alpha value is -3.87. The number of aliphatic carboxylic acids is 1. The van der Waals surface area contributed by atoms with Crippen molar-refractivity contribution in [2.75, 3.05) is 6.61 Å². The second-order valence-corrected chi connectivity index (χ2v) is 8.85. The average molecular weight is 464 g/mol. The van der Waals surface area contributed by atoms with Gasteiger partial charge in [0.2, 0.25) is 0 Å². The van der Waals surface area contributed by atoms with Crippen molar-refractivity contribution in [1.29, 1.82) is 0 Å². The molecule has 34 heavy (non-hydrogen) atoms. The van der Waals surface area contributed by atoms with Gasteiger partial charge in [-0.15, -0.1) is 0 Å². The molecule has 7 heteroatoms. The molecule has 0 heterocycles. The van der Waals surface area contributed by atoms with Gasteiger partial charge < -0.3 is 14.9 Å². The number of aryl methyl sites for hydroxylation is 2. The van der Waals surface area contributed by atoms with E-state index in [1.54, 1.807) is 6.07 Å². The summed E-state index contributed by atoms with van der Waals surface area (Å²) in [7, 11) is 0. The molecular formula is C27H29NO6. The minimum absolute atomic E-state index is 0.0219. The molecule has 0 unspecified atom stereocenters. The normalized spacial score (nSPS) is 11.0. The Labute approximate surface area is 198 Å². The van der Waals surface area contributed by atoms with Crippen LogP contribution in [0.3, 0.4) is 0 Å². The van der Waals surface area contributed by atoms with Crippen LogP contribution in [0.1, 0.15) is 58.7 Å². The fourth-order valence-corrected chi connectivity index (χ4v) is 4.13. The van der Waals surface area contributed by atoms with E-state index in [2.05, 4.69) is 0 Å². The lowest BCUT2D eigenvalue weighted by molar-refractivity contribution is -0.384. The Kier molecular flexibility index (Phi) is 7.56. The van der Waals surface area contributed by atoms with Crippen molar-refractivity contribution >= 4 is 11.7 Å². The number of phenolic OH excluding ortho intramolecular Hbond substituents is 1. The zero-order valence-electron chi connectivity index (χ0n) is 19.8. The molecule has 0 aliphatic heterocycles. The fraction of sp³-hybridized carbons (Fsp3) is 0.296. The van der Waals surface area contributed by atoms with Crippen molar-refractivity contribution in [3.63, 3.8) is 0 Å². The van der Waals surface area contributed by atoms with Gasteiger partial charge in [-0.1, -0.05) is 38.1 Å². The van der Waals surface area contributed by atoms with Gasteiger partial charge in [-0.3, -0.25) is 10.1 Å². The molecule has 0 fully saturated rings. The molecule has 2 N–H and O–H groups in total. The molecule has 0 bridgehead atoms. The van der Waals surface area contributed by atoms with Crippen LogP contribution < -0.4 is 4.74 Å². The summed E-state index contributed by atoms with van der Waals surface area (Å²) in [6.07, 6.45) is 1.000. The largest absolute Gasteiger partial charge is 0.507 e. The fourth-order valence-electron chi connectivity index (χ4n) is 4.13. The SMILES string of the molecule is Cc1cc(OCC(=O)O)cc(C)c1Cc1cc(Cc2cccc([N+](=O)[O-])c2)c(O)c(C(C)C)c1. The lowest BCUT2D eigenvalue weighted by Crippen LogP contribution is -2.10. The van der Waals surface area contributed by atoms with E-state index < -0.39 is 17.5 Å². The molecule has 0 aliphatic rings. The minimum atomic E-state index is -1.03. The van der Waals surface area contributed by atoms with Crippen LogP contribution in [0.5, 0.6) is 11.5 Å². The van der Waals surface area contributed by atoms with Crippen molar-refractivity contribution in [3.05, 3.63) is 97.6 Å². The van der Waals surface area contributed by atoms with Crippen LogP contribution in [0.2, 0.25) is 0 Å². The molecule has 0 atom stereocenters. The first-order valence-electron chi connectivity index (χ1n) is 11.1. The van der Waals surface area contributed by atoms with Gasteiger partial charge in [0.25, 0.3) is 5.69 Å². The first-order chi connectivity index (χ1) is 16.0. The Morgan fingerprint density at radius 3 is 2.29 bits per heavy atom. The highest BCUT2D eigenvalue weighted by molar-refractivity contribution is 5.68. The molecule has 3 rings (SSSR count). The zero-order chi connectivity index (χ0) is 25.0. The Bertz CT molecular complexity index is 1210. The van der Waals surface area contributed by atoms with E-state index in [0.717, 1.165) is 38.9 Å². The molecule has 0 amide bonds. The van der Waals surface area contributed by atoms with Crippen molar-refractivity contribution < 1.29 is 24.7 Å². The number of hydrogen-bond donors (Lipinski definition) is 2. The van der Waals surface area contributed by atoms with E-state index in [4.69, 9.17) is 9.84 Å². The summed E-state index contributed by atoms with van der Waals surface area (Å²) in [5.41, 5.74) is 6.42. The highest BCUT2D eigenvalue weighted by Crippen LogP contribution is 2.34. The summed E-state index contributed by atoms with van der Waals surface area (Å²) >= 11 is 0. The Balaban J connectivity index is 1.96. The molecule has 178 valence electrons. The summed E-state index contributed by atoms with van der Waals surface area (Å²) in [5.74, 6) is -0.198. The quantitative estimate of drug-likeness (QED) is 0.312. The Morgan fingerprint density at radius 2 is 1.71 bits per heavy atom. The number of rotatable bonds is 9. The number of nitro benzene ring substituents is 1. The lowest BCUT2D eigenvalue weighted by Gasteiger charge is -2.18. The third-order valence-corrected chi connectivity index (χ3v) is 5.83. The van der Waals surface area contributed by atoms with Gasteiger partial charge in [-0.2, -0.15) is 0 Å². The van der Waals surface area contributed by atoms with E-state index in [1.165, 1.54) is 12.1 Å².